The van der Waals surface area contributed by atoms with Gasteiger partial charge in [-0.05, 0) is 37.3 Å². The van der Waals surface area contributed by atoms with Gasteiger partial charge < -0.3 is 10.5 Å². The number of cyclic esters (lactones) is 1. The highest BCUT2D eigenvalue weighted by Crippen LogP contribution is 2.30. The number of rotatable bonds is 4. The van der Waals surface area contributed by atoms with Crippen LogP contribution in [-0.4, -0.2) is 29.6 Å². The van der Waals surface area contributed by atoms with Crippen LogP contribution in [0.5, 0.6) is 0 Å². The molecule has 1 unspecified atom stereocenters. The van der Waals surface area contributed by atoms with Crippen molar-refractivity contribution in [2.45, 2.75) is 13.0 Å². The van der Waals surface area contributed by atoms with Gasteiger partial charge in [0.15, 0.2) is 0 Å². The van der Waals surface area contributed by atoms with Gasteiger partial charge >= 0.3 is 6.09 Å². The number of primary amides is 1. The van der Waals surface area contributed by atoms with Crippen molar-refractivity contribution < 1.29 is 18.7 Å². The molecule has 3 rings (SSSR count). The maximum Gasteiger partial charge on any atom is 0.414 e. The summed E-state index contributed by atoms with van der Waals surface area (Å²) in [7, 11) is 0. The minimum absolute atomic E-state index is 0.111. The number of aromatic nitrogens is 1. The summed E-state index contributed by atoms with van der Waals surface area (Å²) < 4.78 is 19.7. The summed E-state index contributed by atoms with van der Waals surface area (Å²) in [5, 5.41) is 8.77. The summed E-state index contributed by atoms with van der Waals surface area (Å²) in [4.78, 5) is 28.5. The number of anilines is 1. The molecule has 8 heteroatoms. The van der Waals surface area contributed by atoms with Crippen molar-refractivity contribution in [3.05, 3.63) is 48.0 Å². The van der Waals surface area contributed by atoms with Gasteiger partial charge in [0.25, 0.3) is 0 Å². The Morgan fingerprint density at radius 3 is 2.81 bits per heavy atom. The highest BCUT2D eigenvalue weighted by atomic mass is 19.1. The zero-order chi connectivity index (χ0) is 18.8. The molecule has 1 aliphatic rings. The van der Waals surface area contributed by atoms with Gasteiger partial charge in [-0.15, -0.1) is 0 Å². The van der Waals surface area contributed by atoms with Crippen molar-refractivity contribution in [1.82, 2.24) is 4.98 Å². The standard InChI is InChI=1S/C18H15FN4O3/c1-10(17(21)24)16-9-23(18(25)26-16)13-4-5-14(15(19)6-13)11-2-3-12(7-20)22-8-11/h2-6,8,10,16H,9H2,1H3,(H2,21,24)/t10-,16?/m0/s1. The molecular formula is C18H15FN4O3. The summed E-state index contributed by atoms with van der Waals surface area (Å²) in [5.41, 5.74) is 6.60. The van der Waals surface area contributed by atoms with E-state index in [2.05, 4.69) is 4.98 Å². The van der Waals surface area contributed by atoms with Gasteiger partial charge in [-0.2, -0.15) is 5.26 Å². The first-order chi connectivity index (χ1) is 12.4. The minimum Gasteiger partial charge on any atom is -0.443 e. The Morgan fingerprint density at radius 2 is 2.23 bits per heavy atom. The average molecular weight is 354 g/mol. The average Bonchev–Trinajstić information content (AvgIpc) is 3.02. The smallest absolute Gasteiger partial charge is 0.414 e. The largest absolute Gasteiger partial charge is 0.443 e. The lowest BCUT2D eigenvalue weighted by Crippen LogP contribution is -2.34. The number of carbonyl (C=O) groups excluding carboxylic acids is 2. The van der Waals surface area contributed by atoms with E-state index in [4.69, 9.17) is 15.7 Å². The third-order valence-electron chi connectivity index (χ3n) is 4.29. The number of benzene rings is 1. The van der Waals surface area contributed by atoms with E-state index in [1.54, 1.807) is 19.1 Å². The van der Waals surface area contributed by atoms with Crippen LogP contribution in [0.3, 0.4) is 0 Å². The van der Waals surface area contributed by atoms with Crippen LogP contribution in [0.25, 0.3) is 11.1 Å². The second-order valence-electron chi connectivity index (χ2n) is 5.93. The second-order valence-corrected chi connectivity index (χ2v) is 5.93. The lowest BCUT2D eigenvalue weighted by atomic mass is 10.0. The molecule has 1 aromatic heterocycles. The minimum atomic E-state index is -0.675. The molecule has 132 valence electrons. The van der Waals surface area contributed by atoms with Gasteiger partial charge in [0.05, 0.1) is 18.2 Å². The molecule has 1 saturated heterocycles. The fourth-order valence-electron chi connectivity index (χ4n) is 2.66. The van der Waals surface area contributed by atoms with Crippen molar-refractivity contribution in [2.75, 3.05) is 11.4 Å². The Bertz CT molecular complexity index is 908. The Morgan fingerprint density at radius 1 is 1.46 bits per heavy atom. The molecule has 0 aliphatic carbocycles. The number of nitrogens with zero attached hydrogens (tertiary/aromatic N) is 3. The first-order valence-corrected chi connectivity index (χ1v) is 7.84. The summed E-state index contributed by atoms with van der Waals surface area (Å²) >= 11 is 0. The summed E-state index contributed by atoms with van der Waals surface area (Å²) in [5.74, 6) is -1.76. The number of halogens is 1. The Balaban J connectivity index is 1.84. The Labute approximate surface area is 148 Å². The number of hydrogen-bond donors (Lipinski definition) is 1. The number of pyridine rings is 1. The SMILES string of the molecule is C[C@H](C(N)=O)C1CN(c2ccc(-c3ccc(C#N)nc3)c(F)c2)C(=O)O1. The third-order valence-corrected chi connectivity index (χ3v) is 4.29. The van der Waals surface area contributed by atoms with Crippen LogP contribution >= 0.6 is 0 Å². The van der Waals surface area contributed by atoms with Crippen LogP contribution in [0.4, 0.5) is 14.9 Å². The third kappa shape index (κ3) is 3.19. The molecular weight excluding hydrogens is 339 g/mol. The highest BCUT2D eigenvalue weighted by molar-refractivity contribution is 5.91. The first kappa shape index (κ1) is 17.4. The van der Waals surface area contributed by atoms with Gasteiger partial charge in [-0.1, -0.05) is 0 Å². The monoisotopic (exact) mass is 354 g/mol. The predicted molar refractivity (Wildman–Crippen MR) is 90.3 cm³/mol. The highest BCUT2D eigenvalue weighted by Gasteiger charge is 2.37. The molecule has 1 fully saturated rings. The van der Waals surface area contributed by atoms with Crippen LogP contribution in [-0.2, 0) is 9.53 Å². The molecule has 0 bridgehead atoms. The first-order valence-electron chi connectivity index (χ1n) is 7.84. The zero-order valence-corrected chi connectivity index (χ0v) is 13.8. The number of nitriles is 1. The van der Waals surface area contributed by atoms with Crippen molar-refractivity contribution in [3.8, 4) is 17.2 Å². The van der Waals surface area contributed by atoms with Crippen molar-refractivity contribution in [1.29, 1.82) is 5.26 Å². The fourth-order valence-corrected chi connectivity index (χ4v) is 2.66. The van der Waals surface area contributed by atoms with Crippen LogP contribution < -0.4 is 10.6 Å². The molecule has 7 nitrogen and oxygen atoms in total. The lowest BCUT2D eigenvalue weighted by molar-refractivity contribution is -0.123. The van der Waals surface area contributed by atoms with Crippen LogP contribution in [0.2, 0.25) is 0 Å². The molecule has 2 aromatic rings. The van der Waals surface area contributed by atoms with E-state index < -0.39 is 29.8 Å². The van der Waals surface area contributed by atoms with Gasteiger partial charge in [0, 0.05) is 17.3 Å². The van der Waals surface area contributed by atoms with E-state index in [0.717, 1.165) is 0 Å². The van der Waals surface area contributed by atoms with Crippen LogP contribution in [0, 0.1) is 23.1 Å². The fraction of sp³-hybridized carbons (Fsp3) is 0.222. The van der Waals surface area contributed by atoms with Crippen molar-refractivity contribution in [3.63, 3.8) is 0 Å². The van der Waals surface area contributed by atoms with Gasteiger partial charge in [0.1, 0.15) is 23.7 Å². The zero-order valence-electron chi connectivity index (χ0n) is 13.8. The van der Waals surface area contributed by atoms with E-state index in [0.29, 0.717) is 16.8 Å². The molecule has 0 spiro atoms. The molecule has 0 saturated carbocycles. The van der Waals surface area contributed by atoms with E-state index in [9.17, 15) is 14.0 Å². The Kier molecular flexibility index (Phi) is 4.54. The predicted octanol–water partition coefficient (Wildman–Crippen LogP) is 2.21. The number of ether oxygens (including phenoxy) is 1. The van der Waals surface area contributed by atoms with E-state index in [1.165, 1.54) is 29.3 Å². The molecule has 2 heterocycles. The van der Waals surface area contributed by atoms with Gasteiger partial charge in [-0.25, -0.2) is 14.2 Å². The molecule has 26 heavy (non-hydrogen) atoms. The van der Waals surface area contributed by atoms with Crippen LogP contribution in [0.15, 0.2) is 36.5 Å². The van der Waals surface area contributed by atoms with Gasteiger partial charge in [-0.3, -0.25) is 9.69 Å². The number of amides is 2. The molecule has 1 aromatic carbocycles. The molecule has 0 radical (unpaired) electrons. The summed E-state index contributed by atoms with van der Waals surface area (Å²) in [6, 6.07) is 9.30. The normalized spacial score (nSPS) is 17.5. The Hall–Kier alpha value is -3.47. The van der Waals surface area contributed by atoms with Crippen molar-refractivity contribution >= 4 is 17.7 Å². The summed E-state index contributed by atoms with van der Waals surface area (Å²) in [6.07, 6.45) is 0.0754. The molecule has 2 atom stereocenters. The maximum atomic E-state index is 14.5. The number of hydrogen-bond acceptors (Lipinski definition) is 5. The van der Waals surface area contributed by atoms with E-state index >= 15 is 0 Å². The summed E-state index contributed by atoms with van der Waals surface area (Å²) in [6.45, 7) is 1.69. The molecule has 2 amide bonds. The van der Waals surface area contributed by atoms with Crippen LogP contribution in [0.1, 0.15) is 12.6 Å². The second kappa shape index (κ2) is 6.80. The lowest BCUT2D eigenvalue weighted by Gasteiger charge is -2.15. The van der Waals surface area contributed by atoms with Crippen molar-refractivity contribution in [2.24, 2.45) is 11.7 Å². The van der Waals surface area contributed by atoms with E-state index in [-0.39, 0.29) is 12.2 Å². The van der Waals surface area contributed by atoms with E-state index in [1.807, 2.05) is 6.07 Å². The molecule has 1 aliphatic heterocycles. The number of carbonyl (C=O) groups is 2. The topological polar surface area (TPSA) is 109 Å². The maximum absolute atomic E-state index is 14.5. The molecule has 2 N–H and O–H groups in total. The quantitative estimate of drug-likeness (QED) is 0.905. The van der Waals surface area contributed by atoms with Gasteiger partial charge in [0.2, 0.25) is 5.91 Å². The number of nitrogens with two attached hydrogens (primary N) is 1.